The number of benzene rings is 1. The fourth-order valence-electron chi connectivity index (χ4n) is 4.49. The molecule has 1 fully saturated rings. The molecule has 0 unspecified atom stereocenters. The summed E-state index contributed by atoms with van der Waals surface area (Å²) >= 11 is 0. The summed E-state index contributed by atoms with van der Waals surface area (Å²) in [5, 5.41) is 6.56. The van der Waals surface area contributed by atoms with Gasteiger partial charge in [-0.15, -0.1) is 0 Å². The SMILES string of the molecule is COCCN1CC2(CCN(C(=O)c3cc(C(C)=O)n[nH]3)CC2)c2cc(F)ccc21. The van der Waals surface area contributed by atoms with Crippen molar-refractivity contribution in [1.29, 1.82) is 0 Å². The number of nitrogens with one attached hydrogen (secondary N) is 1. The second kappa shape index (κ2) is 7.59. The molecule has 29 heavy (non-hydrogen) atoms. The van der Waals surface area contributed by atoms with Crippen LogP contribution < -0.4 is 4.90 Å². The molecule has 0 aliphatic carbocycles. The van der Waals surface area contributed by atoms with Crippen LogP contribution in [0.3, 0.4) is 0 Å². The van der Waals surface area contributed by atoms with E-state index < -0.39 is 0 Å². The number of fused-ring (bicyclic) bond motifs is 2. The van der Waals surface area contributed by atoms with Crippen LogP contribution in [0.2, 0.25) is 0 Å². The first-order chi connectivity index (χ1) is 13.9. The van der Waals surface area contributed by atoms with E-state index in [1.807, 2.05) is 6.07 Å². The molecule has 2 aromatic rings. The number of aromatic nitrogens is 2. The monoisotopic (exact) mass is 400 g/mol. The Hall–Kier alpha value is -2.74. The number of rotatable bonds is 5. The Morgan fingerprint density at radius 1 is 1.28 bits per heavy atom. The minimum atomic E-state index is -0.232. The topological polar surface area (TPSA) is 78.5 Å². The van der Waals surface area contributed by atoms with Crippen molar-refractivity contribution in [1.82, 2.24) is 15.1 Å². The van der Waals surface area contributed by atoms with Crippen molar-refractivity contribution < 1.29 is 18.7 Å². The molecule has 1 amide bonds. The van der Waals surface area contributed by atoms with Crippen molar-refractivity contribution in [2.24, 2.45) is 0 Å². The van der Waals surface area contributed by atoms with Crippen molar-refractivity contribution in [3.05, 3.63) is 47.0 Å². The van der Waals surface area contributed by atoms with Crippen LogP contribution in [0.5, 0.6) is 0 Å². The van der Waals surface area contributed by atoms with E-state index in [2.05, 4.69) is 15.1 Å². The van der Waals surface area contributed by atoms with Gasteiger partial charge in [-0.2, -0.15) is 5.10 Å². The molecule has 1 spiro atoms. The van der Waals surface area contributed by atoms with Crippen LogP contribution in [-0.2, 0) is 10.2 Å². The van der Waals surface area contributed by atoms with E-state index in [0.29, 0.717) is 25.4 Å². The number of anilines is 1. The molecule has 0 radical (unpaired) electrons. The molecule has 3 heterocycles. The normalized spacial score (nSPS) is 17.6. The van der Waals surface area contributed by atoms with E-state index >= 15 is 0 Å². The molecule has 154 valence electrons. The summed E-state index contributed by atoms with van der Waals surface area (Å²) in [6.45, 7) is 4.72. The van der Waals surface area contributed by atoms with E-state index in [1.54, 1.807) is 18.1 Å². The number of carbonyl (C=O) groups excluding carboxylic acids is 2. The number of likely N-dealkylation sites (tertiary alicyclic amines) is 1. The molecule has 1 saturated heterocycles. The van der Waals surface area contributed by atoms with Gasteiger partial charge in [-0.05, 0) is 42.7 Å². The van der Waals surface area contributed by atoms with Gasteiger partial charge in [0, 0.05) is 51.3 Å². The minimum Gasteiger partial charge on any atom is -0.383 e. The number of hydrogen-bond acceptors (Lipinski definition) is 5. The number of piperidine rings is 1. The maximum atomic E-state index is 14.0. The third-order valence-electron chi connectivity index (χ3n) is 6.11. The van der Waals surface area contributed by atoms with Crippen molar-refractivity contribution in [3.63, 3.8) is 0 Å². The lowest BCUT2D eigenvalue weighted by molar-refractivity contribution is 0.0667. The van der Waals surface area contributed by atoms with Gasteiger partial charge in [0.15, 0.2) is 5.78 Å². The van der Waals surface area contributed by atoms with Crippen LogP contribution in [0.15, 0.2) is 24.3 Å². The molecule has 0 saturated carbocycles. The van der Waals surface area contributed by atoms with Crippen LogP contribution >= 0.6 is 0 Å². The van der Waals surface area contributed by atoms with Gasteiger partial charge >= 0.3 is 0 Å². The number of H-pyrrole nitrogens is 1. The van der Waals surface area contributed by atoms with E-state index in [9.17, 15) is 14.0 Å². The molecular formula is C21H25FN4O3. The second-order valence-corrected chi connectivity index (χ2v) is 7.87. The van der Waals surface area contributed by atoms with Gasteiger partial charge in [-0.3, -0.25) is 14.7 Å². The molecular weight excluding hydrogens is 375 g/mol. The zero-order valence-electron chi connectivity index (χ0n) is 16.7. The number of amides is 1. The first kappa shape index (κ1) is 19.6. The van der Waals surface area contributed by atoms with Crippen LogP contribution in [0, 0.1) is 5.82 Å². The first-order valence-corrected chi connectivity index (χ1v) is 9.83. The number of nitrogens with zero attached hydrogens (tertiary/aromatic N) is 3. The lowest BCUT2D eigenvalue weighted by atomic mass is 9.74. The molecule has 0 atom stereocenters. The van der Waals surface area contributed by atoms with Crippen molar-refractivity contribution in [3.8, 4) is 0 Å². The average Bonchev–Trinajstić information content (AvgIpc) is 3.31. The molecule has 2 aliphatic heterocycles. The fourth-order valence-corrected chi connectivity index (χ4v) is 4.49. The summed E-state index contributed by atoms with van der Waals surface area (Å²) in [6, 6.07) is 6.50. The number of ether oxygens (including phenoxy) is 1. The molecule has 7 nitrogen and oxygen atoms in total. The number of methoxy groups -OCH3 is 1. The molecule has 0 bridgehead atoms. The summed E-state index contributed by atoms with van der Waals surface area (Å²) in [5.74, 6) is -0.573. The quantitative estimate of drug-likeness (QED) is 0.780. The third-order valence-corrected chi connectivity index (χ3v) is 6.11. The zero-order valence-corrected chi connectivity index (χ0v) is 16.7. The van der Waals surface area contributed by atoms with E-state index in [0.717, 1.165) is 37.2 Å². The lowest BCUT2D eigenvalue weighted by Crippen LogP contribution is -2.47. The van der Waals surface area contributed by atoms with Crippen LogP contribution in [0.25, 0.3) is 0 Å². The molecule has 8 heteroatoms. The largest absolute Gasteiger partial charge is 0.383 e. The van der Waals surface area contributed by atoms with Crippen molar-refractivity contribution in [2.45, 2.75) is 25.2 Å². The van der Waals surface area contributed by atoms with Crippen LogP contribution in [0.4, 0.5) is 10.1 Å². The maximum absolute atomic E-state index is 14.0. The lowest BCUT2D eigenvalue weighted by Gasteiger charge is -2.40. The zero-order chi connectivity index (χ0) is 20.6. The van der Waals surface area contributed by atoms with Crippen LogP contribution in [0.1, 0.15) is 46.3 Å². The third kappa shape index (κ3) is 3.53. The summed E-state index contributed by atoms with van der Waals surface area (Å²) in [6.07, 6.45) is 1.51. The van der Waals surface area contributed by atoms with Crippen molar-refractivity contribution >= 4 is 17.4 Å². The highest BCUT2D eigenvalue weighted by Crippen LogP contribution is 2.47. The molecule has 1 aromatic carbocycles. The second-order valence-electron chi connectivity index (χ2n) is 7.87. The highest BCUT2D eigenvalue weighted by atomic mass is 19.1. The average molecular weight is 400 g/mol. The summed E-state index contributed by atoms with van der Waals surface area (Å²) in [5.41, 5.74) is 2.51. The first-order valence-electron chi connectivity index (χ1n) is 9.83. The predicted octanol–water partition coefficient (Wildman–Crippen LogP) is 2.39. The smallest absolute Gasteiger partial charge is 0.271 e. The van der Waals surface area contributed by atoms with Gasteiger partial charge in [-0.25, -0.2) is 4.39 Å². The Bertz CT molecular complexity index is 934. The number of Topliss-reactive ketones (excluding diaryl/α,β-unsaturated/α-hetero) is 1. The molecule has 1 aromatic heterocycles. The number of hydrogen-bond donors (Lipinski definition) is 1. The summed E-state index contributed by atoms with van der Waals surface area (Å²) in [4.78, 5) is 28.3. The Morgan fingerprint density at radius 2 is 2.03 bits per heavy atom. The standard InChI is InChI=1S/C21H25FN4O3/c1-14(27)17-12-18(24-23-17)20(28)25-7-5-21(6-8-25)13-26(9-10-29-2)19-4-3-15(22)11-16(19)21/h3-4,11-12H,5-10,13H2,1-2H3,(H,23,24). The van der Waals surface area contributed by atoms with Crippen LogP contribution in [-0.4, -0.2) is 66.7 Å². The number of carbonyl (C=O) groups is 2. The number of halogens is 1. The van der Waals surface area contributed by atoms with Gasteiger partial charge in [-0.1, -0.05) is 0 Å². The van der Waals surface area contributed by atoms with Crippen molar-refractivity contribution in [2.75, 3.05) is 44.8 Å². The molecule has 4 rings (SSSR count). The fraction of sp³-hybridized carbons (Fsp3) is 0.476. The van der Waals surface area contributed by atoms with Gasteiger partial charge in [0.05, 0.1) is 6.61 Å². The minimum absolute atomic E-state index is 0.159. The molecule has 1 N–H and O–H groups in total. The van der Waals surface area contributed by atoms with Gasteiger partial charge in [0.25, 0.3) is 5.91 Å². The number of ketones is 1. The summed E-state index contributed by atoms with van der Waals surface area (Å²) < 4.78 is 19.3. The maximum Gasteiger partial charge on any atom is 0.271 e. The predicted molar refractivity (Wildman–Crippen MR) is 106 cm³/mol. The Morgan fingerprint density at radius 3 is 2.69 bits per heavy atom. The Labute approximate surface area is 168 Å². The summed E-state index contributed by atoms with van der Waals surface area (Å²) in [7, 11) is 1.68. The van der Waals surface area contributed by atoms with Gasteiger partial charge in [0.2, 0.25) is 0 Å². The highest BCUT2D eigenvalue weighted by Gasteiger charge is 2.45. The van der Waals surface area contributed by atoms with Gasteiger partial charge in [0.1, 0.15) is 17.2 Å². The van der Waals surface area contributed by atoms with E-state index in [4.69, 9.17) is 4.74 Å². The Balaban J connectivity index is 1.51. The van der Waals surface area contributed by atoms with E-state index in [1.165, 1.54) is 19.1 Å². The Kier molecular flexibility index (Phi) is 5.12. The highest BCUT2D eigenvalue weighted by molar-refractivity contribution is 5.97. The van der Waals surface area contributed by atoms with E-state index in [-0.39, 0.29) is 28.6 Å². The number of aromatic amines is 1. The van der Waals surface area contributed by atoms with Gasteiger partial charge < -0.3 is 14.5 Å². The molecule has 2 aliphatic rings.